The molecule has 3 rings (SSSR count). The number of aromatic nitrogens is 1. The van der Waals surface area contributed by atoms with Crippen molar-refractivity contribution >= 4 is 34.1 Å². The average molecular weight is 370 g/mol. The Balaban J connectivity index is 1.62. The Morgan fingerprint density at radius 2 is 2.00 bits per heavy atom. The molecule has 2 aromatic carbocycles. The quantitative estimate of drug-likeness (QED) is 0.625. The number of thiazole rings is 1. The molecule has 0 aliphatic carbocycles. The van der Waals surface area contributed by atoms with Crippen LogP contribution in [0.25, 0.3) is 11.3 Å². The van der Waals surface area contributed by atoms with Crippen LogP contribution in [0, 0.1) is 0 Å². The Kier molecular flexibility index (Phi) is 5.73. The number of methoxy groups -OCH3 is 1. The summed E-state index contributed by atoms with van der Waals surface area (Å²) in [4.78, 5) is 17.9. The van der Waals surface area contributed by atoms with E-state index in [1.165, 1.54) is 23.1 Å². The van der Waals surface area contributed by atoms with Crippen LogP contribution in [0.15, 0.2) is 64.9 Å². The first kappa shape index (κ1) is 17.5. The number of carbonyl (C=O) groups is 1. The smallest absolute Gasteiger partial charge is 0.239 e. The van der Waals surface area contributed by atoms with Crippen molar-refractivity contribution < 1.29 is 9.53 Å². The molecule has 25 heavy (non-hydrogen) atoms. The highest BCUT2D eigenvalue weighted by Gasteiger charge is 2.16. The molecule has 1 aromatic heterocycles. The minimum absolute atomic E-state index is 0.0678. The molecular weight excluding hydrogens is 352 g/mol. The minimum Gasteiger partial charge on any atom is -0.497 e. The molecular formula is C19H18N2O2S2. The van der Waals surface area contributed by atoms with Gasteiger partial charge in [-0.15, -0.1) is 23.1 Å². The van der Waals surface area contributed by atoms with Crippen molar-refractivity contribution in [2.45, 2.75) is 17.1 Å². The molecule has 1 atom stereocenters. The summed E-state index contributed by atoms with van der Waals surface area (Å²) in [6.45, 7) is 1.88. The number of hydrogen-bond donors (Lipinski definition) is 1. The van der Waals surface area contributed by atoms with E-state index < -0.39 is 0 Å². The van der Waals surface area contributed by atoms with E-state index in [0.29, 0.717) is 5.13 Å². The first-order chi connectivity index (χ1) is 12.2. The average Bonchev–Trinajstić information content (AvgIpc) is 3.11. The minimum atomic E-state index is -0.240. The number of benzene rings is 2. The lowest BCUT2D eigenvalue weighted by Gasteiger charge is -2.11. The first-order valence-electron chi connectivity index (χ1n) is 7.78. The van der Waals surface area contributed by atoms with Gasteiger partial charge in [0.1, 0.15) is 5.75 Å². The molecule has 0 saturated heterocycles. The van der Waals surface area contributed by atoms with E-state index in [9.17, 15) is 4.79 Å². The molecule has 1 unspecified atom stereocenters. The van der Waals surface area contributed by atoms with E-state index in [-0.39, 0.29) is 11.2 Å². The summed E-state index contributed by atoms with van der Waals surface area (Å²) in [6, 6.07) is 17.6. The summed E-state index contributed by atoms with van der Waals surface area (Å²) < 4.78 is 5.22. The van der Waals surface area contributed by atoms with Crippen molar-refractivity contribution in [3.8, 4) is 17.0 Å². The lowest BCUT2D eigenvalue weighted by Crippen LogP contribution is -2.22. The molecule has 6 heteroatoms. The zero-order valence-electron chi connectivity index (χ0n) is 13.9. The number of ether oxygens (including phenoxy) is 1. The van der Waals surface area contributed by atoms with Gasteiger partial charge in [-0.2, -0.15) is 0 Å². The maximum atomic E-state index is 12.4. The molecule has 1 heterocycles. The predicted molar refractivity (Wildman–Crippen MR) is 104 cm³/mol. The number of hydrogen-bond acceptors (Lipinski definition) is 5. The fraction of sp³-hybridized carbons (Fsp3) is 0.158. The number of rotatable bonds is 6. The van der Waals surface area contributed by atoms with Crippen LogP contribution in [-0.2, 0) is 4.79 Å². The molecule has 128 valence electrons. The van der Waals surface area contributed by atoms with Gasteiger partial charge in [0.15, 0.2) is 5.13 Å². The zero-order valence-corrected chi connectivity index (χ0v) is 15.6. The summed E-state index contributed by atoms with van der Waals surface area (Å²) >= 11 is 2.92. The summed E-state index contributed by atoms with van der Waals surface area (Å²) in [5, 5.41) is 5.22. The van der Waals surface area contributed by atoms with E-state index in [1.54, 1.807) is 7.11 Å². The van der Waals surface area contributed by atoms with Gasteiger partial charge in [-0.25, -0.2) is 4.98 Å². The number of amides is 1. The molecule has 1 amide bonds. The molecule has 0 saturated carbocycles. The number of carbonyl (C=O) groups excluding carboxylic acids is 1. The van der Waals surface area contributed by atoms with Gasteiger partial charge >= 0.3 is 0 Å². The molecule has 0 aliphatic heterocycles. The summed E-state index contributed by atoms with van der Waals surface area (Å²) in [6.07, 6.45) is 0. The lowest BCUT2D eigenvalue weighted by molar-refractivity contribution is -0.115. The largest absolute Gasteiger partial charge is 0.497 e. The maximum Gasteiger partial charge on any atom is 0.239 e. The summed E-state index contributed by atoms with van der Waals surface area (Å²) in [7, 11) is 1.63. The Labute approximate surface area is 155 Å². The molecule has 0 aliphatic rings. The Morgan fingerprint density at radius 1 is 1.20 bits per heavy atom. The van der Waals surface area contributed by atoms with Gasteiger partial charge in [-0.1, -0.05) is 36.4 Å². The van der Waals surface area contributed by atoms with Gasteiger partial charge in [0.25, 0.3) is 0 Å². The van der Waals surface area contributed by atoms with Gasteiger partial charge < -0.3 is 10.1 Å². The van der Waals surface area contributed by atoms with E-state index in [4.69, 9.17) is 4.74 Å². The highest BCUT2D eigenvalue weighted by atomic mass is 32.2. The van der Waals surface area contributed by atoms with E-state index >= 15 is 0 Å². The third kappa shape index (κ3) is 4.61. The first-order valence-corrected chi connectivity index (χ1v) is 9.54. The van der Waals surface area contributed by atoms with Gasteiger partial charge in [-0.3, -0.25) is 4.79 Å². The van der Waals surface area contributed by atoms with Crippen LogP contribution in [0.3, 0.4) is 0 Å². The number of nitrogens with zero attached hydrogens (tertiary/aromatic N) is 1. The fourth-order valence-electron chi connectivity index (χ4n) is 2.21. The van der Waals surface area contributed by atoms with E-state index in [1.807, 2.05) is 66.9 Å². The highest BCUT2D eigenvalue weighted by molar-refractivity contribution is 8.00. The van der Waals surface area contributed by atoms with Crippen LogP contribution >= 0.6 is 23.1 Å². The summed E-state index contributed by atoms with van der Waals surface area (Å²) in [5.41, 5.74) is 1.91. The van der Waals surface area contributed by atoms with Gasteiger partial charge in [0.05, 0.1) is 18.1 Å². The van der Waals surface area contributed by atoms with Crippen molar-refractivity contribution in [2.24, 2.45) is 0 Å². The number of nitrogens with one attached hydrogen (secondary N) is 1. The Hall–Kier alpha value is -2.31. The standard InChI is InChI=1S/C19H18N2O2S2/c1-13(25-16-10-6-9-15(11-16)23-2)18(22)21-19-20-17(12-24-19)14-7-4-3-5-8-14/h3-13H,1-2H3,(H,20,21,22). The Bertz CT molecular complexity index is 849. The van der Waals surface area contributed by atoms with Crippen LogP contribution in [0.1, 0.15) is 6.92 Å². The molecule has 0 spiro atoms. The van der Waals surface area contributed by atoms with Gasteiger partial charge in [-0.05, 0) is 25.1 Å². The summed E-state index contributed by atoms with van der Waals surface area (Å²) in [5.74, 6) is 0.715. The van der Waals surface area contributed by atoms with Gasteiger partial charge in [0.2, 0.25) is 5.91 Å². The maximum absolute atomic E-state index is 12.4. The zero-order chi connectivity index (χ0) is 17.6. The van der Waals surface area contributed by atoms with E-state index in [0.717, 1.165) is 21.9 Å². The third-order valence-electron chi connectivity index (χ3n) is 3.53. The number of thioether (sulfide) groups is 1. The lowest BCUT2D eigenvalue weighted by atomic mass is 10.2. The van der Waals surface area contributed by atoms with Crippen LogP contribution in [-0.4, -0.2) is 23.3 Å². The Morgan fingerprint density at radius 3 is 2.76 bits per heavy atom. The second kappa shape index (κ2) is 8.18. The van der Waals surface area contributed by atoms with Gasteiger partial charge in [0, 0.05) is 15.8 Å². The van der Waals surface area contributed by atoms with Crippen LogP contribution < -0.4 is 10.1 Å². The third-order valence-corrected chi connectivity index (χ3v) is 5.38. The van der Waals surface area contributed by atoms with Crippen molar-refractivity contribution in [1.29, 1.82) is 0 Å². The molecule has 4 nitrogen and oxygen atoms in total. The van der Waals surface area contributed by atoms with E-state index in [2.05, 4.69) is 10.3 Å². The number of anilines is 1. The predicted octanol–water partition coefficient (Wildman–Crippen LogP) is 4.94. The fourth-order valence-corrected chi connectivity index (χ4v) is 3.85. The van der Waals surface area contributed by atoms with Crippen LogP contribution in [0.5, 0.6) is 5.75 Å². The normalized spacial score (nSPS) is 11.8. The highest BCUT2D eigenvalue weighted by Crippen LogP contribution is 2.29. The van der Waals surface area contributed by atoms with Crippen molar-refractivity contribution in [1.82, 2.24) is 4.98 Å². The molecule has 0 bridgehead atoms. The second-order valence-corrected chi connectivity index (χ2v) is 7.60. The monoisotopic (exact) mass is 370 g/mol. The van der Waals surface area contributed by atoms with Crippen molar-refractivity contribution in [3.63, 3.8) is 0 Å². The topological polar surface area (TPSA) is 51.2 Å². The van der Waals surface area contributed by atoms with Crippen molar-refractivity contribution in [3.05, 3.63) is 60.0 Å². The molecule has 0 fully saturated rings. The van der Waals surface area contributed by atoms with Crippen LogP contribution in [0.4, 0.5) is 5.13 Å². The SMILES string of the molecule is COc1cccc(SC(C)C(=O)Nc2nc(-c3ccccc3)cs2)c1. The van der Waals surface area contributed by atoms with Crippen molar-refractivity contribution in [2.75, 3.05) is 12.4 Å². The molecule has 0 radical (unpaired) electrons. The van der Waals surface area contributed by atoms with Crippen LogP contribution in [0.2, 0.25) is 0 Å². The second-order valence-electron chi connectivity index (χ2n) is 5.33. The molecule has 1 N–H and O–H groups in total. The molecule has 3 aromatic rings.